The Morgan fingerprint density at radius 2 is 2.00 bits per heavy atom. The molecule has 0 aromatic heterocycles. The van der Waals surface area contributed by atoms with Gasteiger partial charge in [-0.1, -0.05) is 30.3 Å². The van der Waals surface area contributed by atoms with Gasteiger partial charge in [0.15, 0.2) is 0 Å². The van der Waals surface area contributed by atoms with Crippen LogP contribution in [0.3, 0.4) is 0 Å². The van der Waals surface area contributed by atoms with Crippen molar-refractivity contribution in [2.24, 2.45) is 0 Å². The lowest BCUT2D eigenvalue weighted by molar-refractivity contribution is -0.141. The molecule has 6 heteroatoms. The smallest absolute Gasteiger partial charge is 0.242 e. The van der Waals surface area contributed by atoms with E-state index in [0.717, 1.165) is 25.2 Å². The lowest BCUT2D eigenvalue weighted by Gasteiger charge is -2.39. The number of amides is 1. The largest absolute Gasteiger partial charge is 0.387 e. The zero-order chi connectivity index (χ0) is 16.9. The first-order valence-corrected chi connectivity index (χ1v) is 8.74. The summed E-state index contributed by atoms with van der Waals surface area (Å²) in [6.07, 6.45) is -0.564. The second kappa shape index (κ2) is 8.07. The number of carbonyl (C=O) groups is 1. The summed E-state index contributed by atoms with van der Waals surface area (Å²) in [5.74, 6) is 0.130. The van der Waals surface area contributed by atoms with Gasteiger partial charge in [-0.25, -0.2) is 0 Å². The highest BCUT2D eigenvalue weighted by Gasteiger charge is 2.33. The van der Waals surface area contributed by atoms with E-state index in [4.69, 9.17) is 4.74 Å². The zero-order valence-electron chi connectivity index (χ0n) is 14.2. The lowest BCUT2D eigenvalue weighted by atomic mass is 10.1. The number of aliphatic hydroxyl groups is 1. The number of carbonyl (C=O) groups excluding carboxylic acids is 1. The molecule has 3 atom stereocenters. The SMILES string of the molecule is C[C@H]1OCCN[C@@H]1C(=O)N1CCN(CC(O)c2ccccc2)CC1. The molecule has 1 aromatic carbocycles. The summed E-state index contributed by atoms with van der Waals surface area (Å²) in [7, 11) is 0. The van der Waals surface area contributed by atoms with Crippen LogP contribution in [0.1, 0.15) is 18.6 Å². The van der Waals surface area contributed by atoms with Gasteiger partial charge in [-0.2, -0.15) is 0 Å². The van der Waals surface area contributed by atoms with Crippen molar-refractivity contribution in [1.82, 2.24) is 15.1 Å². The molecule has 3 rings (SSSR count). The quantitative estimate of drug-likeness (QED) is 0.826. The fourth-order valence-electron chi connectivity index (χ4n) is 3.38. The van der Waals surface area contributed by atoms with Crippen molar-refractivity contribution in [2.75, 3.05) is 45.9 Å². The Labute approximate surface area is 143 Å². The van der Waals surface area contributed by atoms with Crippen LogP contribution in [0.15, 0.2) is 30.3 Å². The second-order valence-electron chi connectivity index (χ2n) is 6.56. The molecule has 1 amide bonds. The van der Waals surface area contributed by atoms with Gasteiger partial charge in [-0.15, -0.1) is 0 Å². The molecule has 2 heterocycles. The fourth-order valence-corrected chi connectivity index (χ4v) is 3.38. The summed E-state index contributed by atoms with van der Waals surface area (Å²) < 4.78 is 5.57. The molecule has 0 aliphatic carbocycles. The van der Waals surface area contributed by atoms with Gasteiger partial charge in [0.05, 0.1) is 18.8 Å². The van der Waals surface area contributed by atoms with E-state index in [1.807, 2.05) is 42.2 Å². The van der Waals surface area contributed by atoms with Crippen LogP contribution in [0.4, 0.5) is 0 Å². The number of ether oxygens (including phenoxy) is 1. The number of aliphatic hydroxyl groups excluding tert-OH is 1. The van der Waals surface area contributed by atoms with Crippen molar-refractivity contribution < 1.29 is 14.6 Å². The number of benzene rings is 1. The van der Waals surface area contributed by atoms with Crippen LogP contribution >= 0.6 is 0 Å². The molecule has 1 unspecified atom stereocenters. The molecule has 132 valence electrons. The minimum absolute atomic E-state index is 0.0795. The summed E-state index contributed by atoms with van der Waals surface area (Å²) in [5, 5.41) is 13.6. The number of β-amino-alcohol motifs (C(OH)–C–C–N with tert-alkyl or cyclic N) is 1. The molecule has 2 fully saturated rings. The van der Waals surface area contributed by atoms with Gasteiger partial charge >= 0.3 is 0 Å². The minimum Gasteiger partial charge on any atom is -0.387 e. The minimum atomic E-state index is -0.484. The maximum Gasteiger partial charge on any atom is 0.242 e. The topological polar surface area (TPSA) is 65.0 Å². The lowest BCUT2D eigenvalue weighted by Crippen LogP contribution is -2.59. The molecule has 0 bridgehead atoms. The van der Waals surface area contributed by atoms with E-state index in [1.165, 1.54) is 0 Å². The average Bonchev–Trinajstić information content (AvgIpc) is 2.63. The molecule has 2 N–H and O–H groups in total. The Morgan fingerprint density at radius 1 is 1.29 bits per heavy atom. The second-order valence-corrected chi connectivity index (χ2v) is 6.56. The molecule has 0 radical (unpaired) electrons. The summed E-state index contributed by atoms with van der Waals surface area (Å²) in [6, 6.07) is 9.48. The molecule has 0 spiro atoms. The Balaban J connectivity index is 1.48. The van der Waals surface area contributed by atoms with E-state index in [2.05, 4.69) is 10.2 Å². The van der Waals surface area contributed by atoms with E-state index in [9.17, 15) is 9.90 Å². The van der Waals surface area contributed by atoms with Gasteiger partial charge in [-0.05, 0) is 12.5 Å². The van der Waals surface area contributed by atoms with Gasteiger partial charge in [0, 0.05) is 39.3 Å². The number of nitrogens with one attached hydrogen (secondary N) is 1. The van der Waals surface area contributed by atoms with E-state index in [0.29, 0.717) is 26.2 Å². The number of nitrogens with zero attached hydrogens (tertiary/aromatic N) is 2. The van der Waals surface area contributed by atoms with Crippen LogP contribution in [0, 0.1) is 0 Å². The summed E-state index contributed by atoms with van der Waals surface area (Å²) >= 11 is 0. The number of morpholine rings is 1. The third-order valence-electron chi connectivity index (χ3n) is 4.88. The Hall–Kier alpha value is -1.47. The molecular formula is C18H27N3O3. The van der Waals surface area contributed by atoms with Crippen LogP contribution in [0.25, 0.3) is 0 Å². The summed E-state index contributed by atoms with van der Waals surface area (Å²) in [5.41, 5.74) is 0.938. The van der Waals surface area contributed by atoms with Crippen LogP contribution < -0.4 is 5.32 Å². The normalized spacial score (nSPS) is 27.0. The first-order valence-electron chi connectivity index (χ1n) is 8.74. The maximum absolute atomic E-state index is 12.6. The van der Waals surface area contributed by atoms with Crippen LogP contribution in [0.5, 0.6) is 0 Å². The first-order chi connectivity index (χ1) is 11.6. The molecule has 24 heavy (non-hydrogen) atoms. The van der Waals surface area contributed by atoms with E-state index >= 15 is 0 Å². The number of piperazine rings is 1. The summed E-state index contributed by atoms with van der Waals surface area (Å²) in [6.45, 7) is 6.92. The van der Waals surface area contributed by atoms with E-state index in [-0.39, 0.29) is 18.1 Å². The van der Waals surface area contributed by atoms with Crippen LogP contribution in [-0.2, 0) is 9.53 Å². The first kappa shape index (κ1) is 17.4. The standard InChI is InChI=1S/C18H27N3O3/c1-14-17(19-7-12-24-14)18(23)21-10-8-20(9-11-21)13-16(22)15-5-3-2-4-6-15/h2-6,14,16-17,19,22H,7-13H2,1H3/t14-,16?,17+/m1/s1. The Bertz CT molecular complexity index is 532. The van der Waals surface area contributed by atoms with Crippen LogP contribution in [-0.4, -0.2) is 78.8 Å². The van der Waals surface area contributed by atoms with Crippen molar-refractivity contribution in [3.8, 4) is 0 Å². The highest BCUT2D eigenvalue weighted by Crippen LogP contribution is 2.16. The molecule has 1 aromatic rings. The maximum atomic E-state index is 12.6. The van der Waals surface area contributed by atoms with Gasteiger partial charge in [-0.3, -0.25) is 9.69 Å². The van der Waals surface area contributed by atoms with Gasteiger partial charge < -0.3 is 20.1 Å². The van der Waals surface area contributed by atoms with E-state index in [1.54, 1.807) is 0 Å². The van der Waals surface area contributed by atoms with Crippen molar-refractivity contribution in [3.63, 3.8) is 0 Å². The van der Waals surface area contributed by atoms with Crippen molar-refractivity contribution in [1.29, 1.82) is 0 Å². The molecule has 2 aliphatic rings. The van der Waals surface area contributed by atoms with Gasteiger partial charge in [0.1, 0.15) is 6.04 Å². The van der Waals surface area contributed by atoms with Crippen molar-refractivity contribution in [2.45, 2.75) is 25.2 Å². The monoisotopic (exact) mass is 333 g/mol. The zero-order valence-corrected chi connectivity index (χ0v) is 14.2. The predicted molar refractivity (Wildman–Crippen MR) is 91.6 cm³/mol. The van der Waals surface area contributed by atoms with Crippen LogP contribution in [0.2, 0.25) is 0 Å². The highest BCUT2D eigenvalue weighted by atomic mass is 16.5. The molecule has 6 nitrogen and oxygen atoms in total. The average molecular weight is 333 g/mol. The number of hydrogen-bond acceptors (Lipinski definition) is 5. The van der Waals surface area contributed by atoms with Gasteiger partial charge in [0.25, 0.3) is 0 Å². The summed E-state index contributed by atoms with van der Waals surface area (Å²) in [4.78, 5) is 16.8. The predicted octanol–water partition coefficient (Wildman–Crippen LogP) is 0.241. The van der Waals surface area contributed by atoms with E-state index < -0.39 is 6.10 Å². The molecular weight excluding hydrogens is 306 g/mol. The Kier molecular flexibility index (Phi) is 5.84. The number of rotatable bonds is 4. The van der Waals surface area contributed by atoms with Gasteiger partial charge in [0.2, 0.25) is 5.91 Å². The van der Waals surface area contributed by atoms with Crippen molar-refractivity contribution in [3.05, 3.63) is 35.9 Å². The number of hydrogen-bond donors (Lipinski definition) is 2. The van der Waals surface area contributed by atoms with Crippen molar-refractivity contribution >= 4 is 5.91 Å². The Morgan fingerprint density at radius 3 is 2.67 bits per heavy atom. The third-order valence-corrected chi connectivity index (χ3v) is 4.88. The molecule has 0 saturated carbocycles. The highest BCUT2D eigenvalue weighted by molar-refractivity contribution is 5.82. The fraction of sp³-hybridized carbons (Fsp3) is 0.611. The molecule has 2 aliphatic heterocycles. The third kappa shape index (κ3) is 4.13. The molecule has 2 saturated heterocycles.